The number of hydrogen-bond acceptors (Lipinski definition) is 4. The van der Waals surface area contributed by atoms with Crippen molar-refractivity contribution in [1.29, 1.82) is 0 Å². The average molecular weight is 417 g/mol. The number of nitrogens with zero attached hydrogens (tertiary/aromatic N) is 2. The van der Waals surface area contributed by atoms with Crippen molar-refractivity contribution in [3.8, 4) is 5.75 Å². The van der Waals surface area contributed by atoms with Gasteiger partial charge in [-0.05, 0) is 24.3 Å². The normalized spacial score (nSPS) is 18.7. The van der Waals surface area contributed by atoms with Crippen LogP contribution in [-0.4, -0.2) is 48.0 Å². The highest BCUT2D eigenvalue weighted by molar-refractivity contribution is 6.16. The van der Waals surface area contributed by atoms with Crippen LogP contribution in [0.25, 0.3) is 0 Å². The summed E-state index contributed by atoms with van der Waals surface area (Å²) in [5.41, 5.74) is -3.22. The van der Waals surface area contributed by atoms with Gasteiger partial charge in [-0.1, -0.05) is 36.4 Å². The van der Waals surface area contributed by atoms with E-state index in [1.54, 1.807) is 23.5 Å². The van der Waals surface area contributed by atoms with Gasteiger partial charge in [-0.25, -0.2) is 4.99 Å². The zero-order valence-electron chi connectivity index (χ0n) is 15.9. The van der Waals surface area contributed by atoms with Gasteiger partial charge in [-0.3, -0.25) is 14.5 Å². The molecular weight excluding hydrogens is 399 g/mol. The van der Waals surface area contributed by atoms with Gasteiger partial charge >= 0.3 is 11.8 Å². The number of aliphatic imine (C=N–C) groups is 1. The average Bonchev–Trinajstić information content (AvgIpc) is 3.02. The van der Waals surface area contributed by atoms with E-state index in [2.05, 4.69) is 11.6 Å². The molecular formula is C21H18F3N3O3. The van der Waals surface area contributed by atoms with E-state index in [-0.39, 0.29) is 17.9 Å². The summed E-state index contributed by atoms with van der Waals surface area (Å²) in [5.74, 6) is -2.28. The first-order valence-corrected chi connectivity index (χ1v) is 8.85. The third-order valence-electron chi connectivity index (χ3n) is 4.48. The Bertz CT molecular complexity index is 988. The number of amides is 2. The summed E-state index contributed by atoms with van der Waals surface area (Å²) < 4.78 is 47.4. The molecule has 3 rings (SSSR count). The molecule has 2 aromatic carbocycles. The molecule has 1 atom stereocenters. The van der Waals surface area contributed by atoms with E-state index < -0.39 is 23.7 Å². The molecule has 1 aliphatic heterocycles. The van der Waals surface area contributed by atoms with Crippen molar-refractivity contribution in [1.82, 2.24) is 10.2 Å². The summed E-state index contributed by atoms with van der Waals surface area (Å²) in [6.07, 6.45) is -3.89. The molecule has 9 heteroatoms. The van der Waals surface area contributed by atoms with E-state index in [1.807, 2.05) is 0 Å². The molecule has 0 bridgehead atoms. The molecule has 1 heterocycles. The predicted octanol–water partition coefficient (Wildman–Crippen LogP) is 3.16. The molecule has 0 saturated carbocycles. The molecule has 6 nitrogen and oxygen atoms in total. The van der Waals surface area contributed by atoms with Gasteiger partial charge in [0, 0.05) is 17.7 Å². The lowest BCUT2D eigenvalue weighted by molar-refractivity contribution is -0.196. The number of halogens is 3. The first-order valence-electron chi connectivity index (χ1n) is 8.85. The summed E-state index contributed by atoms with van der Waals surface area (Å²) in [4.78, 5) is 30.1. The van der Waals surface area contributed by atoms with E-state index in [0.29, 0.717) is 11.3 Å². The first-order chi connectivity index (χ1) is 14.2. The van der Waals surface area contributed by atoms with Gasteiger partial charge < -0.3 is 10.1 Å². The number of carbonyl (C=O) groups excluding carboxylic acids is 2. The summed E-state index contributed by atoms with van der Waals surface area (Å²) >= 11 is 0. The molecule has 2 amide bonds. The lowest BCUT2D eigenvalue weighted by Gasteiger charge is -2.28. The monoisotopic (exact) mass is 417 g/mol. The predicted molar refractivity (Wildman–Crippen MR) is 104 cm³/mol. The maximum atomic E-state index is 14.1. The Morgan fingerprint density at radius 2 is 1.83 bits per heavy atom. The Hall–Kier alpha value is -3.62. The zero-order valence-corrected chi connectivity index (χ0v) is 15.9. The zero-order chi connectivity index (χ0) is 21.9. The summed E-state index contributed by atoms with van der Waals surface area (Å²) in [6, 6.07) is 13.4. The highest BCUT2D eigenvalue weighted by Crippen LogP contribution is 2.38. The largest absolute Gasteiger partial charge is 0.497 e. The Morgan fingerprint density at radius 3 is 2.37 bits per heavy atom. The Balaban J connectivity index is 2.07. The number of nitrogens with one attached hydrogen (secondary N) is 1. The van der Waals surface area contributed by atoms with Crippen LogP contribution in [0.15, 0.2) is 72.2 Å². The van der Waals surface area contributed by atoms with Crippen LogP contribution in [0.1, 0.15) is 15.9 Å². The Labute approximate surface area is 170 Å². The van der Waals surface area contributed by atoms with Gasteiger partial charge in [-0.15, -0.1) is 6.58 Å². The van der Waals surface area contributed by atoms with Crippen LogP contribution in [0.5, 0.6) is 5.75 Å². The number of hydrogen-bond donors (Lipinski definition) is 1. The highest BCUT2D eigenvalue weighted by Gasteiger charge is 2.67. The minimum atomic E-state index is -5.18. The number of alkyl halides is 3. The Morgan fingerprint density at radius 1 is 1.20 bits per heavy atom. The van der Waals surface area contributed by atoms with Crippen LogP contribution in [0, 0.1) is 0 Å². The third-order valence-corrected chi connectivity index (χ3v) is 4.48. The highest BCUT2D eigenvalue weighted by atomic mass is 19.4. The van der Waals surface area contributed by atoms with Crippen LogP contribution < -0.4 is 10.1 Å². The topological polar surface area (TPSA) is 71.0 Å². The SMILES string of the molecule is C=CCN1C(=O)[C@](NC(=O)c2ccc(OC)cc2)(C(F)(F)F)N=C1c1ccccc1. The second-order valence-electron chi connectivity index (χ2n) is 6.40. The van der Waals surface area contributed by atoms with Gasteiger partial charge in [0.15, 0.2) is 0 Å². The molecule has 0 aromatic heterocycles. The van der Waals surface area contributed by atoms with Gasteiger partial charge in [0.2, 0.25) is 0 Å². The van der Waals surface area contributed by atoms with E-state index >= 15 is 0 Å². The van der Waals surface area contributed by atoms with Crippen LogP contribution in [0.4, 0.5) is 13.2 Å². The van der Waals surface area contributed by atoms with E-state index in [4.69, 9.17) is 4.74 Å². The molecule has 2 aromatic rings. The van der Waals surface area contributed by atoms with Crippen molar-refractivity contribution in [3.05, 3.63) is 78.4 Å². The molecule has 0 radical (unpaired) electrons. The minimum Gasteiger partial charge on any atom is -0.497 e. The maximum absolute atomic E-state index is 14.1. The fraction of sp³-hybridized carbons (Fsp3) is 0.190. The van der Waals surface area contributed by atoms with Crippen LogP contribution in [-0.2, 0) is 4.79 Å². The van der Waals surface area contributed by atoms with Gasteiger partial charge in [0.1, 0.15) is 11.6 Å². The molecule has 0 saturated heterocycles. The fourth-order valence-corrected chi connectivity index (χ4v) is 2.98. The fourth-order valence-electron chi connectivity index (χ4n) is 2.98. The molecule has 1 aliphatic rings. The number of ether oxygens (including phenoxy) is 1. The van der Waals surface area contributed by atoms with Gasteiger partial charge in [0.05, 0.1) is 7.11 Å². The minimum absolute atomic E-state index is 0.0779. The molecule has 30 heavy (non-hydrogen) atoms. The van der Waals surface area contributed by atoms with Gasteiger partial charge in [0.25, 0.3) is 11.8 Å². The van der Waals surface area contributed by atoms with Gasteiger partial charge in [-0.2, -0.15) is 13.2 Å². The number of methoxy groups -OCH3 is 1. The smallest absolute Gasteiger partial charge is 0.442 e. The second-order valence-corrected chi connectivity index (χ2v) is 6.40. The molecule has 156 valence electrons. The summed E-state index contributed by atoms with van der Waals surface area (Å²) in [7, 11) is 1.42. The molecule has 0 spiro atoms. The number of carbonyl (C=O) groups is 2. The van der Waals surface area contributed by atoms with E-state index in [9.17, 15) is 22.8 Å². The number of amidine groups is 1. The lowest BCUT2D eigenvalue weighted by Crippen LogP contribution is -2.63. The number of rotatable bonds is 6. The quantitative estimate of drug-likeness (QED) is 0.734. The van der Waals surface area contributed by atoms with Crippen molar-refractivity contribution < 1.29 is 27.5 Å². The summed E-state index contributed by atoms with van der Waals surface area (Å²) in [5, 5.41) is 1.81. The first kappa shape index (κ1) is 21.1. The molecule has 0 unspecified atom stereocenters. The van der Waals surface area contributed by atoms with Crippen LogP contribution in [0.3, 0.4) is 0 Å². The van der Waals surface area contributed by atoms with Crippen molar-refractivity contribution in [2.45, 2.75) is 11.8 Å². The third kappa shape index (κ3) is 3.66. The van der Waals surface area contributed by atoms with E-state index in [1.165, 1.54) is 49.6 Å². The van der Waals surface area contributed by atoms with Crippen LogP contribution >= 0.6 is 0 Å². The van der Waals surface area contributed by atoms with Crippen molar-refractivity contribution in [3.63, 3.8) is 0 Å². The van der Waals surface area contributed by atoms with E-state index in [0.717, 1.165) is 4.90 Å². The molecule has 1 N–H and O–H groups in total. The Kier molecular flexibility index (Phi) is 5.64. The standard InChI is InChI=1S/C21H18F3N3O3/c1-3-13-27-17(14-7-5-4-6-8-14)25-20(19(27)29,21(22,23)24)26-18(28)15-9-11-16(30-2)12-10-15/h3-12H,1,13H2,2H3,(H,26,28)/t20-/m0/s1. The van der Waals surface area contributed by atoms with Crippen molar-refractivity contribution in [2.24, 2.45) is 4.99 Å². The lowest BCUT2D eigenvalue weighted by atomic mass is 10.1. The maximum Gasteiger partial charge on any atom is 0.442 e. The molecule has 0 aliphatic carbocycles. The van der Waals surface area contributed by atoms with Crippen LogP contribution in [0.2, 0.25) is 0 Å². The summed E-state index contributed by atoms with van der Waals surface area (Å²) in [6.45, 7) is 3.29. The number of benzene rings is 2. The second kappa shape index (κ2) is 8.02. The molecule has 0 fully saturated rings. The van der Waals surface area contributed by atoms with Crippen molar-refractivity contribution >= 4 is 17.6 Å². The van der Waals surface area contributed by atoms with Crippen molar-refractivity contribution in [2.75, 3.05) is 13.7 Å².